The van der Waals surface area contributed by atoms with Crippen LogP contribution in [-0.2, 0) is 4.79 Å². The second kappa shape index (κ2) is 11.0. The first-order chi connectivity index (χ1) is 18.4. The molecule has 1 unspecified atom stereocenters. The number of phenolic OH excluding ortho intramolecular Hbond substituents is 1. The molecule has 3 N–H and O–H groups in total. The molecular formula is C29H32N6O3. The molecule has 0 radical (unpaired) electrons. The van der Waals surface area contributed by atoms with Crippen LogP contribution in [0.25, 0.3) is 0 Å². The summed E-state index contributed by atoms with van der Waals surface area (Å²) in [6.45, 7) is 1.47. The highest BCUT2D eigenvalue weighted by Gasteiger charge is 2.37. The van der Waals surface area contributed by atoms with Gasteiger partial charge >= 0.3 is 0 Å². The third-order valence-electron chi connectivity index (χ3n) is 7.08. The van der Waals surface area contributed by atoms with Gasteiger partial charge in [0.2, 0.25) is 0 Å². The second-order valence-electron chi connectivity index (χ2n) is 9.78. The van der Waals surface area contributed by atoms with E-state index in [1.807, 2.05) is 35.2 Å². The van der Waals surface area contributed by atoms with Gasteiger partial charge in [-0.2, -0.15) is 10.1 Å². The van der Waals surface area contributed by atoms with Gasteiger partial charge in [0.05, 0.1) is 11.4 Å². The highest BCUT2D eigenvalue weighted by molar-refractivity contribution is 6.24. The van der Waals surface area contributed by atoms with Gasteiger partial charge in [-0.15, -0.1) is 0 Å². The van der Waals surface area contributed by atoms with Crippen molar-refractivity contribution in [3.8, 4) is 5.75 Å². The number of hydrogen-bond acceptors (Lipinski definition) is 7. The predicted octanol–water partition coefficient (Wildman–Crippen LogP) is 3.29. The number of hydrazine groups is 1. The summed E-state index contributed by atoms with van der Waals surface area (Å²) in [5, 5.41) is 15.6. The van der Waals surface area contributed by atoms with E-state index in [0.29, 0.717) is 28.7 Å². The number of piperidine rings is 1. The minimum atomic E-state index is -0.745. The molecule has 1 fully saturated rings. The minimum Gasteiger partial charge on any atom is -0.508 e. The number of hydrogen-bond donors (Lipinski definition) is 3. The zero-order valence-electron chi connectivity index (χ0n) is 21.5. The lowest BCUT2D eigenvalue weighted by atomic mass is 10.0. The van der Waals surface area contributed by atoms with Gasteiger partial charge in [0.1, 0.15) is 5.75 Å². The first-order valence-corrected chi connectivity index (χ1v) is 12.7. The quantitative estimate of drug-likeness (QED) is 0.332. The van der Waals surface area contributed by atoms with E-state index in [9.17, 15) is 14.7 Å². The number of aromatic hydroxyl groups is 1. The third kappa shape index (κ3) is 5.39. The Morgan fingerprint density at radius 3 is 2.24 bits per heavy atom. The Labute approximate surface area is 222 Å². The average Bonchev–Trinajstić information content (AvgIpc) is 3.28. The third-order valence-corrected chi connectivity index (χ3v) is 7.08. The average molecular weight is 513 g/mol. The summed E-state index contributed by atoms with van der Waals surface area (Å²) in [5.41, 5.74) is 9.39. The molecule has 5 rings (SSSR count). The summed E-state index contributed by atoms with van der Waals surface area (Å²) < 4.78 is 0. The molecule has 0 spiro atoms. The van der Waals surface area contributed by atoms with E-state index in [1.54, 1.807) is 48.5 Å². The van der Waals surface area contributed by atoms with Crippen molar-refractivity contribution < 1.29 is 14.7 Å². The molecule has 3 aromatic rings. The largest absolute Gasteiger partial charge is 0.508 e. The maximum absolute atomic E-state index is 13.5. The Balaban J connectivity index is 1.32. The normalized spacial score (nSPS) is 18.1. The number of phenols is 1. The highest BCUT2D eigenvalue weighted by Crippen LogP contribution is 2.25. The van der Waals surface area contributed by atoms with Gasteiger partial charge in [-0.05, 0) is 75.5 Å². The van der Waals surface area contributed by atoms with Crippen molar-refractivity contribution in [3.63, 3.8) is 0 Å². The Morgan fingerprint density at radius 2 is 1.61 bits per heavy atom. The fourth-order valence-electron chi connectivity index (χ4n) is 4.82. The fourth-order valence-corrected chi connectivity index (χ4v) is 4.82. The molecule has 0 bridgehead atoms. The van der Waals surface area contributed by atoms with E-state index >= 15 is 0 Å². The monoisotopic (exact) mass is 512 g/mol. The Bertz CT molecular complexity index is 1300. The molecule has 9 heteroatoms. The van der Waals surface area contributed by atoms with Gasteiger partial charge in [0, 0.05) is 35.9 Å². The van der Waals surface area contributed by atoms with Gasteiger partial charge in [-0.1, -0.05) is 30.3 Å². The minimum absolute atomic E-state index is 0.00706. The summed E-state index contributed by atoms with van der Waals surface area (Å²) in [6, 6.07) is 22.9. The topological polar surface area (TPSA) is 101 Å². The smallest absolute Gasteiger partial charge is 0.272 e. The van der Waals surface area contributed by atoms with Crippen molar-refractivity contribution in [2.45, 2.75) is 24.9 Å². The van der Waals surface area contributed by atoms with Crippen LogP contribution in [0.1, 0.15) is 28.8 Å². The highest BCUT2D eigenvalue weighted by atomic mass is 16.3. The van der Waals surface area contributed by atoms with Crippen molar-refractivity contribution in [3.05, 3.63) is 90.0 Å². The van der Waals surface area contributed by atoms with Gasteiger partial charge < -0.3 is 20.3 Å². The molecule has 0 saturated carbocycles. The number of nitrogens with zero attached hydrogens (tertiary/aromatic N) is 4. The number of amides is 2. The zero-order valence-corrected chi connectivity index (χ0v) is 21.5. The van der Waals surface area contributed by atoms with Crippen LogP contribution in [0.4, 0.5) is 11.4 Å². The Hall–Kier alpha value is -4.21. The number of hydrazone groups is 1. The van der Waals surface area contributed by atoms with Gasteiger partial charge in [0.15, 0.2) is 6.04 Å². The van der Waals surface area contributed by atoms with Crippen LogP contribution in [0.5, 0.6) is 5.75 Å². The maximum atomic E-state index is 13.5. The van der Waals surface area contributed by atoms with E-state index in [1.165, 1.54) is 5.01 Å². The zero-order chi connectivity index (χ0) is 26.6. The lowest BCUT2D eigenvalue weighted by Crippen LogP contribution is -2.46. The van der Waals surface area contributed by atoms with Crippen molar-refractivity contribution in [1.82, 2.24) is 15.2 Å². The molecule has 196 valence electrons. The van der Waals surface area contributed by atoms with Crippen LogP contribution in [0.3, 0.4) is 0 Å². The van der Waals surface area contributed by atoms with Crippen molar-refractivity contribution >= 4 is 28.9 Å². The van der Waals surface area contributed by atoms with Crippen LogP contribution in [-0.4, -0.2) is 71.7 Å². The first kappa shape index (κ1) is 25.4. The lowest BCUT2D eigenvalue weighted by Gasteiger charge is -2.35. The number of carbonyl (C=O) groups excluding carboxylic acids is 2. The van der Waals surface area contributed by atoms with Crippen LogP contribution < -0.4 is 15.9 Å². The first-order valence-electron chi connectivity index (χ1n) is 12.7. The molecule has 1 saturated heterocycles. The number of rotatable bonds is 7. The summed E-state index contributed by atoms with van der Waals surface area (Å²) >= 11 is 0. The van der Waals surface area contributed by atoms with Crippen molar-refractivity contribution in [2.75, 3.05) is 37.6 Å². The van der Waals surface area contributed by atoms with Crippen molar-refractivity contribution in [2.24, 2.45) is 5.10 Å². The van der Waals surface area contributed by atoms with Gasteiger partial charge in [-0.3, -0.25) is 9.59 Å². The van der Waals surface area contributed by atoms with E-state index < -0.39 is 6.04 Å². The second-order valence-corrected chi connectivity index (χ2v) is 9.78. The molecule has 2 amide bonds. The summed E-state index contributed by atoms with van der Waals surface area (Å²) in [5.74, 6) is -0.0854. The predicted molar refractivity (Wildman–Crippen MR) is 148 cm³/mol. The standard InChI is InChI=1S/C29H32N6O3/c1-33(2)23-16-18-34(19-17-23)28(37)21-8-12-24(13-9-21)35-29(38)27(26(32-35)20-6-4-3-5-7-20)31-30-22-10-14-25(36)15-11-22/h3-15,23,27,30-31,36H,16-19H2,1-2H3. The molecule has 2 heterocycles. The lowest BCUT2D eigenvalue weighted by molar-refractivity contribution is -0.118. The number of anilines is 2. The molecule has 0 aromatic heterocycles. The molecule has 2 aliphatic heterocycles. The molecule has 9 nitrogen and oxygen atoms in total. The number of benzene rings is 3. The summed E-state index contributed by atoms with van der Waals surface area (Å²) in [7, 11) is 4.16. The van der Waals surface area contributed by atoms with Gasteiger partial charge in [-0.25, -0.2) is 5.43 Å². The summed E-state index contributed by atoms with van der Waals surface area (Å²) in [6.07, 6.45) is 1.92. The number of carbonyl (C=O) groups is 2. The van der Waals surface area contributed by atoms with E-state index in [4.69, 9.17) is 0 Å². The fraction of sp³-hybridized carbons (Fsp3) is 0.276. The molecule has 1 atom stereocenters. The molecule has 0 aliphatic carbocycles. The van der Waals surface area contributed by atoms with Crippen LogP contribution in [0, 0.1) is 0 Å². The molecule has 38 heavy (non-hydrogen) atoms. The van der Waals surface area contributed by atoms with Crippen LogP contribution >= 0.6 is 0 Å². The molecule has 2 aliphatic rings. The van der Waals surface area contributed by atoms with E-state index in [0.717, 1.165) is 31.5 Å². The van der Waals surface area contributed by atoms with Crippen LogP contribution in [0.15, 0.2) is 84.0 Å². The molecular weight excluding hydrogens is 480 g/mol. The van der Waals surface area contributed by atoms with Crippen LogP contribution in [0.2, 0.25) is 0 Å². The Kier molecular flexibility index (Phi) is 7.39. The molecule has 3 aromatic carbocycles. The SMILES string of the molecule is CN(C)C1CCN(C(=O)c2ccc(N3N=C(c4ccccc4)C(NNc4ccc(O)cc4)C3=O)cc2)CC1. The number of nitrogens with one attached hydrogen (secondary N) is 2. The van der Waals surface area contributed by atoms with Crippen molar-refractivity contribution in [1.29, 1.82) is 0 Å². The van der Waals surface area contributed by atoms with E-state index in [2.05, 4.69) is 34.9 Å². The number of likely N-dealkylation sites (tertiary alicyclic amines) is 1. The van der Waals surface area contributed by atoms with E-state index in [-0.39, 0.29) is 17.6 Å². The Morgan fingerprint density at radius 1 is 0.947 bits per heavy atom. The summed E-state index contributed by atoms with van der Waals surface area (Å²) in [4.78, 5) is 30.7. The van der Waals surface area contributed by atoms with Gasteiger partial charge in [0.25, 0.3) is 11.8 Å². The maximum Gasteiger partial charge on any atom is 0.272 e.